The van der Waals surface area contributed by atoms with E-state index < -0.39 is 36.7 Å². The van der Waals surface area contributed by atoms with Gasteiger partial charge >= 0.3 is 6.01 Å². The lowest BCUT2D eigenvalue weighted by molar-refractivity contribution is -0.0545. The fraction of sp³-hybridized carbons (Fsp3) is 0.353. The van der Waals surface area contributed by atoms with Crippen molar-refractivity contribution in [3.05, 3.63) is 46.2 Å². The van der Waals surface area contributed by atoms with Crippen molar-refractivity contribution in [1.82, 2.24) is 19.5 Å². The zero-order valence-electron chi connectivity index (χ0n) is 14.6. The molecule has 4 rings (SSSR count). The molecule has 6 N–H and O–H groups in total. The van der Waals surface area contributed by atoms with Crippen LogP contribution in [0.1, 0.15) is 11.8 Å². The van der Waals surface area contributed by atoms with E-state index in [0.29, 0.717) is 0 Å². The summed E-state index contributed by atoms with van der Waals surface area (Å²) in [7, 11) is 0. The number of benzene rings is 1. The van der Waals surface area contributed by atoms with Gasteiger partial charge in [0, 0.05) is 0 Å². The molecule has 0 unspecified atom stereocenters. The minimum Gasteiger partial charge on any atom is -0.460 e. The molecule has 1 aromatic carbocycles. The molecule has 3 heterocycles. The second kappa shape index (κ2) is 7.20. The second-order valence-corrected chi connectivity index (χ2v) is 6.39. The van der Waals surface area contributed by atoms with Crippen molar-refractivity contribution in [2.75, 3.05) is 12.3 Å². The van der Waals surface area contributed by atoms with Gasteiger partial charge in [-0.05, 0) is 5.56 Å². The van der Waals surface area contributed by atoms with Crippen LogP contribution >= 0.6 is 0 Å². The van der Waals surface area contributed by atoms with Crippen LogP contribution in [0.3, 0.4) is 0 Å². The van der Waals surface area contributed by atoms with E-state index in [1.807, 2.05) is 30.3 Å². The van der Waals surface area contributed by atoms with E-state index in [0.717, 1.165) is 5.56 Å². The first-order valence-corrected chi connectivity index (χ1v) is 8.56. The number of H-pyrrole nitrogens is 1. The van der Waals surface area contributed by atoms with Crippen molar-refractivity contribution in [3.8, 4) is 6.01 Å². The lowest BCUT2D eigenvalue weighted by atomic mass is 10.1. The first-order valence-electron chi connectivity index (χ1n) is 8.56. The number of anilines is 1. The third kappa shape index (κ3) is 3.10. The first-order chi connectivity index (χ1) is 13.5. The zero-order chi connectivity index (χ0) is 19.8. The maximum atomic E-state index is 12.2. The highest BCUT2D eigenvalue weighted by Gasteiger charge is 2.45. The van der Waals surface area contributed by atoms with Crippen LogP contribution in [0.5, 0.6) is 6.01 Å². The Labute approximate surface area is 158 Å². The molecule has 28 heavy (non-hydrogen) atoms. The van der Waals surface area contributed by atoms with Gasteiger partial charge in [0.2, 0.25) is 5.95 Å². The normalized spacial score (nSPS) is 24.7. The summed E-state index contributed by atoms with van der Waals surface area (Å²) in [6.45, 7) is -0.371. The molecule has 1 aliphatic heterocycles. The molecule has 0 bridgehead atoms. The number of nitrogens with two attached hydrogens (primary N) is 1. The van der Waals surface area contributed by atoms with E-state index in [4.69, 9.17) is 15.2 Å². The maximum absolute atomic E-state index is 12.2. The Morgan fingerprint density at radius 1 is 1.21 bits per heavy atom. The van der Waals surface area contributed by atoms with Crippen molar-refractivity contribution >= 4 is 17.1 Å². The number of aliphatic hydroxyl groups is 3. The van der Waals surface area contributed by atoms with E-state index in [2.05, 4.69) is 15.0 Å². The molecule has 2 aromatic heterocycles. The molecule has 11 heteroatoms. The van der Waals surface area contributed by atoms with Gasteiger partial charge in [0.1, 0.15) is 24.9 Å². The number of ether oxygens (including phenoxy) is 2. The number of aromatic nitrogens is 4. The molecular formula is C17H19N5O6. The van der Waals surface area contributed by atoms with Crippen LogP contribution < -0.4 is 16.0 Å². The largest absolute Gasteiger partial charge is 0.460 e. The van der Waals surface area contributed by atoms with Gasteiger partial charge in [-0.15, -0.1) is 0 Å². The third-order valence-electron chi connectivity index (χ3n) is 4.52. The standard InChI is InChI=1S/C17H19N5O6/c18-16-20-13-10(14(26)21-16)19-17(27-7-8-4-2-1-3-5-8)22(13)15-12(25)11(24)9(6-23)28-15/h1-5,9,11-12,15,23-25H,6-7H2,(H3,18,20,21,26)/t9-,11+,12+,15+/m0/s1. The Morgan fingerprint density at radius 2 is 1.96 bits per heavy atom. The highest BCUT2D eigenvalue weighted by molar-refractivity contribution is 5.72. The quantitative estimate of drug-likeness (QED) is 0.363. The van der Waals surface area contributed by atoms with Gasteiger partial charge in [0.25, 0.3) is 5.56 Å². The summed E-state index contributed by atoms with van der Waals surface area (Å²) in [6, 6.07) is 9.22. The number of aliphatic hydroxyl groups excluding tert-OH is 3. The van der Waals surface area contributed by atoms with Gasteiger partial charge in [0.05, 0.1) is 6.61 Å². The Bertz CT molecular complexity index is 1040. The number of nitrogen functional groups attached to an aromatic ring is 1. The van der Waals surface area contributed by atoms with Crippen molar-refractivity contribution < 1.29 is 24.8 Å². The van der Waals surface area contributed by atoms with Gasteiger partial charge in [-0.3, -0.25) is 9.78 Å². The molecule has 11 nitrogen and oxygen atoms in total. The molecule has 0 saturated carbocycles. The number of hydrogen-bond donors (Lipinski definition) is 5. The molecular weight excluding hydrogens is 370 g/mol. The molecule has 1 saturated heterocycles. The van der Waals surface area contributed by atoms with Crippen LogP contribution in [0.15, 0.2) is 35.1 Å². The predicted octanol–water partition coefficient (Wildman–Crippen LogP) is -1.11. The van der Waals surface area contributed by atoms with Crippen LogP contribution in [0.2, 0.25) is 0 Å². The van der Waals surface area contributed by atoms with Gasteiger partial charge in [-0.25, -0.2) is 4.57 Å². The number of hydrogen-bond acceptors (Lipinski definition) is 9. The molecule has 1 fully saturated rings. The fourth-order valence-corrected chi connectivity index (χ4v) is 3.13. The number of nitrogens with one attached hydrogen (secondary N) is 1. The molecule has 0 radical (unpaired) electrons. The SMILES string of the molecule is Nc1nc2c(nc(OCc3ccccc3)n2[C@@H]2O[C@@H](CO)[C@@H](O)[C@H]2O)c(=O)[nH]1. The van der Waals surface area contributed by atoms with Crippen LogP contribution in [-0.2, 0) is 11.3 Å². The van der Waals surface area contributed by atoms with Crippen molar-refractivity contribution in [2.24, 2.45) is 0 Å². The lowest BCUT2D eigenvalue weighted by Gasteiger charge is -2.19. The third-order valence-corrected chi connectivity index (χ3v) is 4.52. The molecule has 4 atom stereocenters. The Balaban J connectivity index is 1.79. The molecule has 0 aliphatic carbocycles. The van der Waals surface area contributed by atoms with Gasteiger partial charge in [-0.2, -0.15) is 9.97 Å². The Hall–Kier alpha value is -2.99. The molecule has 3 aromatic rings. The van der Waals surface area contributed by atoms with Crippen molar-refractivity contribution in [2.45, 2.75) is 31.1 Å². The van der Waals surface area contributed by atoms with E-state index in [1.54, 1.807) is 0 Å². The van der Waals surface area contributed by atoms with E-state index in [9.17, 15) is 20.1 Å². The Morgan fingerprint density at radius 3 is 2.64 bits per heavy atom. The smallest absolute Gasteiger partial charge is 0.301 e. The first kappa shape index (κ1) is 18.4. The monoisotopic (exact) mass is 389 g/mol. The lowest BCUT2D eigenvalue weighted by Crippen LogP contribution is -2.33. The number of aromatic amines is 1. The fourth-order valence-electron chi connectivity index (χ4n) is 3.13. The van der Waals surface area contributed by atoms with Gasteiger partial charge in [0.15, 0.2) is 17.4 Å². The highest BCUT2D eigenvalue weighted by Crippen LogP contribution is 2.34. The van der Waals surface area contributed by atoms with Crippen LogP contribution in [0.4, 0.5) is 5.95 Å². The van der Waals surface area contributed by atoms with E-state index in [-0.39, 0.29) is 29.7 Å². The number of imidazole rings is 1. The number of rotatable bonds is 5. The van der Waals surface area contributed by atoms with E-state index in [1.165, 1.54) is 4.57 Å². The van der Waals surface area contributed by atoms with Gasteiger partial charge < -0.3 is 30.5 Å². The summed E-state index contributed by atoms with van der Waals surface area (Å²) in [6.07, 6.45) is -4.94. The average Bonchev–Trinajstić information content (AvgIpc) is 3.18. The second-order valence-electron chi connectivity index (χ2n) is 6.39. The predicted molar refractivity (Wildman–Crippen MR) is 96.3 cm³/mol. The highest BCUT2D eigenvalue weighted by atomic mass is 16.6. The van der Waals surface area contributed by atoms with Crippen molar-refractivity contribution in [1.29, 1.82) is 0 Å². The summed E-state index contributed by atoms with van der Waals surface area (Å²) in [5, 5.41) is 29.8. The molecule has 1 aliphatic rings. The topological polar surface area (TPSA) is 169 Å². The summed E-state index contributed by atoms with van der Waals surface area (Å²) < 4.78 is 12.6. The van der Waals surface area contributed by atoms with Gasteiger partial charge in [-0.1, -0.05) is 30.3 Å². The minimum atomic E-state index is -1.41. The molecule has 0 spiro atoms. The number of fused-ring (bicyclic) bond motifs is 1. The zero-order valence-corrected chi connectivity index (χ0v) is 14.6. The van der Waals surface area contributed by atoms with Crippen LogP contribution in [-0.4, -0.2) is 59.8 Å². The minimum absolute atomic E-state index is 0.0270. The average molecular weight is 389 g/mol. The molecule has 0 amide bonds. The summed E-state index contributed by atoms with van der Waals surface area (Å²) >= 11 is 0. The van der Waals surface area contributed by atoms with Crippen molar-refractivity contribution in [3.63, 3.8) is 0 Å². The summed E-state index contributed by atoms with van der Waals surface area (Å²) in [5.74, 6) is -0.153. The van der Waals surface area contributed by atoms with Crippen LogP contribution in [0.25, 0.3) is 11.2 Å². The molecule has 148 valence electrons. The number of nitrogens with zero attached hydrogens (tertiary/aromatic N) is 3. The summed E-state index contributed by atoms with van der Waals surface area (Å²) in [4.78, 5) is 22.8. The summed E-state index contributed by atoms with van der Waals surface area (Å²) in [5.41, 5.74) is 5.87. The Kier molecular flexibility index (Phi) is 4.73. The van der Waals surface area contributed by atoms with E-state index >= 15 is 0 Å². The maximum Gasteiger partial charge on any atom is 0.301 e. The van der Waals surface area contributed by atoms with Crippen LogP contribution in [0, 0.1) is 0 Å².